The number of rotatable bonds is 3. The molecule has 0 atom stereocenters. The molecule has 0 bridgehead atoms. The minimum absolute atomic E-state index is 0.172. The highest BCUT2D eigenvalue weighted by molar-refractivity contribution is 6.32. The summed E-state index contributed by atoms with van der Waals surface area (Å²) in [6, 6.07) is 5.34. The van der Waals surface area contributed by atoms with Crippen molar-refractivity contribution < 1.29 is 9.13 Å². The van der Waals surface area contributed by atoms with E-state index in [1.807, 2.05) is 6.92 Å². The predicted octanol–water partition coefficient (Wildman–Crippen LogP) is 3.21. The molecule has 0 saturated carbocycles. The zero-order valence-electron chi connectivity index (χ0n) is 9.65. The Hall–Kier alpha value is -1.88. The van der Waals surface area contributed by atoms with Gasteiger partial charge in [-0.2, -0.15) is 4.98 Å². The lowest BCUT2D eigenvalue weighted by Crippen LogP contribution is -2.00. The molecule has 0 saturated heterocycles. The van der Waals surface area contributed by atoms with Crippen LogP contribution in [0.15, 0.2) is 24.3 Å². The molecule has 0 aliphatic carbocycles. The molecule has 0 aliphatic rings. The van der Waals surface area contributed by atoms with E-state index >= 15 is 0 Å². The van der Waals surface area contributed by atoms with Crippen LogP contribution in [0, 0.1) is 5.82 Å². The van der Waals surface area contributed by atoms with Gasteiger partial charge in [0.25, 0.3) is 0 Å². The van der Waals surface area contributed by atoms with Gasteiger partial charge < -0.3 is 10.5 Å². The summed E-state index contributed by atoms with van der Waals surface area (Å²) in [6.07, 6.45) is 0.637. The lowest BCUT2D eigenvalue weighted by Gasteiger charge is -2.08. The molecule has 2 aromatic rings. The van der Waals surface area contributed by atoms with E-state index in [-0.39, 0.29) is 10.9 Å². The van der Waals surface area contributed by atoms with Gasteiger partial charge >= 0.3 is 0 Å². The number of ether oxygens (including phenoxy) is 1. The van der Waals surface area contributed by atoms with Crippen molar-refractivity contribution in [3.05, 3.63) is 40.9 Å². The van der Waals surface area contributed by atoms with Crippen LogP contribution in [0.25, 0.3) is 0 Å². The second kappa shape index (κ2) is 5.18. The Morgan fingerprint density at radius 1 is 1.33 bits per heavy atom. The highest BCUT2D eigenvalue weighted by atomic mass is 35.5. The number of aromatic nitrogens is 2. The van der Waals surface area contributed by atoms with Crippen molar-refractivity contribution >= 4 is 17.4 Å². The molecule has 18 heavy (non-hydrogen) atoms. The molecular weight excluding hydrogens is 257 g/mol. The maximum atomic E-state index is 12.9. The minimum atomic E-state index is -0.427. The van der Waals surface area contributed by atoms with Gasteiger partial charge in [-0.3, -0.25) is 0 Å². The van der Waals surface area contributed by atoms with Gasteiger partial charge in [-0.25, -0.2) is 9.37 Å². The zero-order chi connectivity index (χ0) is 13.1. The molecule has 1 aromatic carbocycles. The third-order valence-electron chi connectivity index (χ3n) is 2.19. The first-order valence-corrected chi connectivity index (χ1v) is 5.72. The van der Waals surface area contributed by atoms with Gasteiger partial charge in [0.15, 0.2) is 0 Å². The van der Waals surface area contributed by atoms with Crippen LogP contribution in [0.1, 0.15) is 12.7 Å². The second-order valence-electron chi connectivity index (χ2n) is 3.58. The summed E-state index contributed by atoms with van der Waals surface area (Å²) in [7, 11) is 0. The Bertz CT molecular complexity index is 577. The summed E-state index contributed by atoms with van der Waals surface area (Å²) >= 11 is 5.85. The number of anilines is 1. The third-order valence-corrected chi connectivity index (χ3v) is 2.49. The molecule has 0 spiro atoms. The second-order valence-corrected chi connectivity index (χ2v) is 3.98. The smallest absolute Gasteiger partial charge is 0.224 e. The number of nitrogens with two attached hydrogens (primary N) is 1. The van der Waals surface area contributed by atoms with E-state index < -0.39 is 5.82 Å². The van der Waals surface area contributed by atoms with Crippen molar-refractivity contribution in [1.29, 1.82) is 0 Å². The first-order valence-electron chi connectivity index (χ1n) is 5.35. The van der Waals surface area contributed by atoms with Crippen LogP contribution >= 0.6 is 11.6 Å². The third kappa shape index (κ3) is 2.87. The molecule has 94 valence electrons. The van der Waals surface area contributed by atoms with E-state index in [2.05, 4.69) is 9.97 Å². The molecule has 2 N–H and O–H groups in total. The van der Waals surface area contributed by atoms with Crippen LogP contribution in [-0.4, -0.2) is 9.97 Å². The summed E-state index contributed by atoms with van der Waals surface area (Å²) in [5.41, 5.74) is 5.63. The first kappa shape index (κ1) is 12.6. The molecule has 1 heterocycles. The van der Waals surface area contributed by atoms with E-state index in [1.54, 1.807) is 0 Å². The van der Waals surface area contributed by atoms with Gasteiger partial charge in [0, 0.05) is 12.5 Å². The fourth-order valence-corrected chi connectivity index (χ4v) is 1.58. The molecule has 4 nitrogen and oxygen atoms in total. The number of hydrogen-bond donors (Lipinski definition) is 1. The largest absolute Gasteiger partial charge is 0.437 e. The van der Waals surface area contributed by atoms with Crippen LogP contribution in [0.2, 0.25) is 5.02 Å². The van der Waals surface area contributed by atoms with Crippen molar-refractivity contribution in [2.24, 2.45) is 0 Å². The SMILES string of the molecule is CCc1nc(N)cc(Oc2ccc(F)cc2Cl)n1. The Morgan fingerprint density at radius 2 is 2.11 bits per heavy atom. The number of halogens is 2. The summed E-state index contributed by atoms with van der Waals surface area (Å²) in [6.45, 7) is 1.91. The van der Waals surface area contributed by atoms with E-state index in [1.165, 1.54) is 24.3 Å². The molecule has 1 aromatic heterocycles. The monoisotopic (exact) mass is 267 g/mol. The number of nitrogen functional groups attached to an aromatic ring is 1. The van der Waals surface area contributed by atoms with Gasteiger partial charge in [-0.15, -0.1) is 0 Å². The van der Waals surface area contributed by atoms with Gasteiger partial charge in [0.05, 0.1) is 5.02 Å². The number of aryl methyl sites for hydroxylation is 1. The molecule has 2 rings (SSSR count). The maximum Gasteiger partial charge on any atom is 0.224 e. The molecular formula is C12H11ClFN3O. The zero-order valence-corrected chi connectivity index (χ0v) is 10.4. The normalized spacial score (nSPS) is 10.4. The Labute approximate surface area is 109 Å². The average molecular weight is 268 g/mol. The van der Waals surface area contributed by atoms with Gasteiger partial charge in [0.2, 0.25) is 5.88 Å². The highest BCUT2D eigenvalue weighted by Gasteiger charge is 2.07. The van der Waals surface area contributed by atoms with Crippen molar-refractivity contribution in [2.45, 2.75) is 13.3 Å². The maximum absolute atomic E-state index is 12.9. The molecule has 0 aliphatic heterocycles. The summed E-state index contributed by atoms with van der Waals surface area (Å²) < 4.78 is 18.3. The molecule has 6 heteroatoms. The van der Waals surface area contributed by atoms with Crippen molar-refractivity contribution in [3.63, 3.8) is 0 Å². The molecule has 0 fully saturated rings. The molecule has 0 amide bonds. The molecule has 0 radical (unpaired) electrons. The van der Waals surface area contributed by atoms with Crippen LogP contribution in [0.3, 0.4) is 0 Å². The van der Waals surface area contributed by atoms with Crippen LogP contribution < -0.4 is 10.5 Å². The van der Waals surface area contributed by atoms with Crippen LogP contribution in [0.4, 0.5) is 10.2 Å². The standard InChI is InChI=1S/C12H11ClFN3O/c1-2-11-16-10(15)6-12(17-11)18-9-4-3-7(14)5-8(9)13/h3-6H,2H2,1H3,(H2,15,16,17). The predicted molar refractivity (Wildman–Crippen MR) is 67.3 cm³/mol. The number of benzene rings is 1. The lowest BCUT2D eigenvalue weighted by molar-refractivity contribution is 0.458. The van der Waals surface area contributed by atoms with E-state index in [0.717, 1.165) is 0 Å². The van der Waals surface area contributed by atoms with Gasteiger partial charge in [-0.05, 0) is 18.2 Å². The summed E-state index contributed by atoms with van der Waals surface area (Å²) in [4.78, 5) is 8.17. The quantitative estimate of drug-likeness (QED) is 0.928. The van der Waals surface area contributed by atoms with E-state index in [9.17, 15) is 4.39 Å². The van der Waals surface area contributed by atoms with Crippen molar-refractivity contribution in [2.75, 3.05) is 5.73 Å². The van der Waals surface area contributed by atoms with Gasteiger partial charge in [-0.1, -0.05) is 18.5 Å². The minimum Gasteiger partial charge on any atom is -0.437 e. The molecule has 0 unspecified atom stereocenters. The topological polar surface area (TPSA) is 61.0 Å². The van der Waals surface area contributed by atoms with Crippen molar-refractivity contribution in [3.8, 4) is 11.6 Å². The fourth-order valence-electron chi connectivity index (χ4n) is 1.37. The first-order chi connectivity index (χ1) is 8.58. The Morgan fingerprint density at radius 3 is 2.78 bits per heavy atom. The van der Waals surface area contributed by atoms with Gasteiger partial charge in [0.1, 0.15) is 23.2 Å². The fraction of sp³-hybridized carbons (Fsp3) is 0.167. The summed E-state index contributed by atoms with van der Waals surface area (Å²) in [5, 5.41) is 0.172. The van der Waals surface area contributed by atoms with Crippen LogP contribution in [0.5, 0.6) is 11.6 Å². The Kier molecular flexibility index (Phi) is 3.62. The highest BCUT2D eigenvalue weighted by Crippen LogP contribution is 2.29. The number of hydrogen-bond acceptors (Lipinski definition) is 4. The average Bonchev–Trinajstić information content (AvgIpc) is 2.32. The van der Waals surface area contributed by atoms with E-state index in [4.69, 9.17) is 22.1 Å². The Balaban J connectivity index is 2.30. The van der Waals surface area contributed by atoms with Crippen molar-refractivity contribution in [1.82, 2.24) is 9.97 Å². The number of nitrogens with zero attached hydrogens (tertiary/aromatic N) is 2. The van der Waals surface area contributed by atoms with E-state index in [0.29, 0.717) is 23.8 Å². The lowest BCUT2D eigenvalue weighted by atomic mass is 10.3. The van der Waals surface area contributed by atoms with Crippen LogP contribution in [-0.2, 0) is 6.42 Å². The summed E-state index contributed by atoms with van der Waals surface area (Å²) in [5.74, 6) is 1.06.